The smallest absolute Gasteiger partial charge is 0.309 e. The van der Waals surface area contributed by atoms with Crippen LogP contribution in [0.1, 0.15) is 19.4 Å². The predicted octanol–water partition coefficient (Wildman–Crippen LogP) is 3.99. The Hall–Kier alpha value is -1.81. The Morgan fingerprint density at radius 1 is 1.35 bits per heavy atom. The first-order chi connectivity index (χ1) is 9.22. The number of benzene rings is 2. The van der Waals surface area contributed by atoms with Crippen LogP contribution in [0.5, 0.6) is 5.75 Å². The molecule has 0 aliphatic carbocycles. The second-order valence-electron chi connectivity index (χ2n) is 5.43. The number of phenols is 1. The van der Waals surface area contributed by atoms with Crippen LogP contribution < -0.4 is 0 Å². The minimum atomic E-state index is -1.05. The van der Waals surface area contributed by atoms with E-state index in [1.165, 1.54) is 24.3 Å². The summed E-state index contributed by atoms with van der Waals surface area (Å²) in [7, 11) is 0. The average molecular weight is 297 g/mol. The third kappa shape index (κ3) is 2.56. The Morgan fingerprint density at radius 3 is 2.60 bits per heavy atom. The monoisotopic (exact) mass is 296 g/mol. The van der Waals surface area contributed by atoms with Crippen LogP contribution in [0.3, 0.4) is 0 Å². The summed E-state index contributed by atoms with van der Waals surface area (Å²) in [4.78, 5) is 11.2. The van der Waals surface area contributed by atoms with E-state index in [4.69, 9.17) is 11.6 Å². The molecular weight excluding hydrogens is 283 g/mol. The lowest BCUT2D eigenvalue weighted by Gasteiger charge is -2.20. The summed E-state index contributed by atoms with van der Waals surface area (Å²) >= 11 is 5.99. The largest absolute Gasteiger partial charge is 0.508 e. The molecule has 2 N–H and O–H groups in total. The van der Waals surface area contributed by atoms with Crippen molar-refractivity contribution in [2.24, 2.45) is 5.41 Å². The molecule has 0 aliphatic rings. The van der Waals surface area contributed by atoms with E-state index in [0.717, 1.165) is 0 Å². The highest BCUT2D eigenvalue weighted by atomic mass is 35.5. The summed E-state index contributed by atoms with van der Waals surface area (Å²) in [6.45, 7) is 3.14. The van der Waals surface area contributed by atoms with Crippen LogP contribution in [0, 0.1) is 11.2 Å². The lowest BCUT2D eigenvalue weighted by Crippen LogP contribution is -2.26. The van der Waals surface area contributed by atoms with Gasteiger partial charge in [0.25, 0.3) is 0 Å². The molecule has 0 heterocycles. The van der Waals surface area contributed by atoms with E-state index in [9.17, 15) is 19.4 Å². The van der Waals surface area contributed by atoms with E-state index in [1.807, 2.05) is 0 Å². The lowest BCUT2D eigenvalue weighted by atomic mass is 9.84. The first-order valence-corrected chi connectivity index (χ1v) is 6.43. The molecule has 0 aromatic heterocycles. The van der Waals surface area contributed by atoms with Gasteiger partial charge in [-0.3, -0.25) is 4.79 Å². The van der Waals surface area contributed by atoms with E-state index in [1.54, 1.807) is 13.8 Å². The highest BCUT2D eigenvalue weighted by Gasteiger charge is 2.29. The van der Waals surface area contributed by atoms with Crippen molar-refractivity contribution >= 4 is 28.3 Å². The Kier molecular flexibility index (Phi) is 3.61. The average Bonchev–Trinajstić information content (AvgIpc) is 2.32. The van der Waals surface area contributed by atoms with Gasteiger partial charge in [-0.15, -0.1) is 0 Å². The quantitative estimate of drug-likeness (QED) is 0.900. The molecule has 0 radical (unpaired) electrons. The van der Waals surface area contributed by atoms with Gasteiger partial charge in [-0.2, -0.15) is 0 Å². The van der Waals surface area contributed by atoms with Gasteiger partial charge in [-0.05, 0) is 49.4 Å². The summed E-state index contributed by atoms with van der Waals surface area (Å²) < 4.78 is 13.6. The minimum Gasteiger partial charge on any atom is -0.508 e. The zero-order valence-corrected chi connectivity index (χ0v) is 11.8. The molecular formula is C15H14ClFO3. The molecule has 20 heavy (non-hydrogen) atoms. The summed E-state index contributed by atoms with van der Waals surface area (Å²) in [6.07, 6.45) is 0.135. The molecule has 2 aromatic carbocycles. The number of fused-ring (bicyclic) bond motifs is 1. The first kappa shape index (κ1) is 14.6. The summed E-state index contributed by atoms with van der Waals surface area (Å²) in [5.41, 5.74) is -0.534. The summed E-state index contributed by atoms with van der Waals surface area (Å²) in [5, 5.41) is 19.9. The highest BCUT2D eigenvalue weighted by Crippen LogP contribution is 2.35. The van der Waals surface area contributed by atoms with Crippen molar-refractivity contribution in [3.05, 3.63) is 40.7 Å². The number of aromatic hydroxyl groups is 1. The maximum atomic E-state index is 13.6. The number of halogens is 2. The van der Waals surface area contributed by atoms with Crippen LogP contribution in [0.4, 0.5) is 4.39 Å². The van der Waals surface area contributed by atoms with Crippen LogP contribution >= 0.6 is 11.6 Å². The van der Waals surface area contributed by atoms with Crippen LogP contribution in [0.25, 0.3) is 10.8 Å². The van der Waals surface area contributed by atoms with Gasteiger partial charge in [-0.25, -0.2) is 4.39 Å². The molecule has 0 fully saturated rings. The van der Waals surface area contributed by atoms with Gasteiger partial charge in [0.1, 0.15) is 11.6 Å². The second kappa shape index (κ2) is 4.94. The van der Waals surface area contributed by atoms with E-state index in [2.05, 4.69) is 0 Å². The molecule has 2 rings (SSSR count). The number of carboxylic acids is 1. The van der Waals surface area contributed by atoms with Crippen LogP contribution in [-0.2, 0) is 11.2 Å². The fraction of sp³-hybridized carbons (Fsp3) is 0.267. The number of phenolic OH excluding ortho intramolecular Hbond substituents is 1. The van der Waals surface area contributed by atoms with Gasteiger partial charge in [0, 0.05) is 5.39 Å². The van der Waals surface area contributed by atoms with E-state index < -0.39 is 17.2 Å². The Labute approximate surface area is 120 Å². The molecule has 0 unspecified atom stereocenters. The normalized spacial score (nSPS) is 11.8. The predicted molar refractivity (Wildman–Crippen MR) is 75.7 cm³/mol. The number of hydrogen-bond donors (Lipinski definition) is 2. The topological polar surface area (TPSA) is 57.5 Å². The molecule has 3 nitrogen and oxygen atoms in total. The van der Waals surface area contributed by atoms with Crippen molar-refractivity contribution in [3.63, 3.8) is 0 Å². The molecule has 106 valence electrons. The summed E-state index contributed by atoms with van der Waals surface area (Å²) in [5.74, 6) is -1.54. The zero-order valence-electron chi connectivity index (χ0n) is 11.1. The molecule has 0 saturated carbocycles. The molecule has 0 bridgehead atoms. The van der Waals surface area contributed by atoms with Crippen LogP contribution in [0.15, 0.2) is 24.3 Å². The van der Waals surface area contributed by atoms with Gasteiger partial charge >= 0.3 is 5.97 Å². The van der Waals surface area contributed by atoms with Gasteiger partial charge in [-0.1, -0.05) is 17.7 Å². The first-order valence-electron chi connectivity index (χ1n) is 6.05. The molecule has 0 atom stereocenters. The van der Waals surface area contributed by atoms with Crippen molar-refractivity contribution in [2.75, 3.05) is 0 Å². The van der Waals surface area contributed by atoms with Crippen molar-refractivity contribution in [1.82, 2.24) is 0 Å². The molecule has 0 spiro atoms. The van der Waals surface area contributed by atoms with Crippen molar-refractivity contribution < 1.29 is 19.4 Å². The maximum absolute atomic E-state index is 13.6. The van der Waals surface area contributed by atoms with E-state index >= 15 is 0 Å². The Morgan fingerprint density at radius 2 is 2.00 bits per heavy atom. The molecule has 0 saturated heterocycles. The van der Waals surface area contributed by atoms with Gasteiger partial charge in [0.15, 0.2) is 0 Å². The third-order valence-electron chi connectivity index (χ3n) is 3.29. The van der Waals surface area contributed by atoms with Crippen molar-refractivity contribution in [3.8, 4) is 5.75 Å². The van der Waals surface area contributed by atoms with Gasteiger partial charge in [0.05, 0.1) is 10.4 Å². The second-order valence-corrected chi connectivity index (χ2v) is 5.81. The SMILES string of the molecule is CC(C)(Cc1cc(O)cc2ccc(F)c(Cl)c12)C(=O)O. The van der Waals surface area contributed by atoms with E-state index in [-0.39, 0.29) is 17.2 Å². The molecule has 0 amide bonds. The highest BCUT2D eigenvalue weighted by molar-refractivity contribution is 6.36. The Bertz CT molecular complexity index is 695. The minimum absolute atomic E-state index is 0.00337. The standard InChI is InChI=1S/C15H14ClFO3/c1-15(2,14(19)20)7-9-6-10(18)5-8-3-4-11(17)13(16)12(8)9/h3-6,18H,7H2,1-2H3,(H,19,20). The zero-order chi connectivity index (χ0) is 15.1. The van der Waals surface area contributed by atoms with Crippen LogP contribution in [0.2, 0.25) is 5.02 Å². The third-order valence-corrected chi connectivity index (χ3v) is 3.65. The van der Waals surface area contributed by atoms with Crippen LogP contribution in [-0.4, -0.2) is 16.2 Å². The molecule has 0 aliphatic heterocycles. The van der Waals surface area contributed by atoms with Crippen molar-refractivity contribution in [2.45, 2.75) is 20.3 Å². The number of carbonyl (C=O) groups is 1. The number of aliphatic carboxylic acids is 1. The maximum Gasteiger partial charge on any atom is 0.309 e. The summed E-state index contributed by atoms with van der Waals surface area (Å²) in [6, 6.07) is 5.63. The molecule has 5 heteroatoms. The Balaban J connectivity index is 2.69. The van der Waals surface area contributed by atoms with Gasteiger partial charge in [0.2, 0.25) is 0 Å². The number of carboxylic acid groups (broad SMARTS) is 1. The lowest BCUT2D eigenvalue weighted by molar-refractivity contribution is -0.146. The van der Waals surface area contributed by atoms with Crippen molar-refractivity contribution in [1.29, 1.82) is 0 Å². The van der Waals surface area contributed by atoms with E-state index in [0.29, 0.717) is 16.3 Å². The molecule has 2 aromatic rings. The number of rotatable bonds is 3. The number of hydrogen-bond acceptors (Lipinski definition) is 2. The van der Waals surface area contributed by atoms with Gasteiger partial charge < -0.3 is 10.2 Å². The fourth-order valence-electron chi connectivity index (χ4n) is 2.16. The fourth-order valence-corrected chi connectivity index (χ4v) is 2.45.